The van der Waals surface area contributed by atoms with Crippen LogP contribution in [0.25, 0.3) is 0 Å². The Kier molecular flexibility index (Phi) is 6.54. The van der Waals surface area contributed by atoms with Crippen LogP contribution in [-0.4, -0.2) is 5.91 Å². The molecule has 0 unspecified atom stereocenters. The quantitative estimate of drug-likeness (QED) is 0.531. The largest absolute Gasteiger partial charge is 0.345 e. The highest BCUT2D eigenvalue weighted by Gasteiger charge is 2.17. The molecule has 0 bridgehead atoms. The van der Waals surface area contributed by atoms with Gasteiger partial charge in [0, 0.05) is 6.42 Å². The lowest BCUT2D eigenvalue weighted by atomic mass is 9.97. The molecular weight excluding hydrogens is 377 g/mol. The molecule has 3 aromatic rings. The SMILES string of the molecule is Cc1cccc([C@@H](NC(=O)CCc2ccc(Cl)c(Cl)c2)c2ccccc2)c1. The number of rotatable bonds is 6. The summed E-state index contributed by atoms with van der Waals surface area (Å²) in [5.74, 6) is -0.00330. The minimum absolute atomic E-state index is 0.00330. The topological polar surface area (TPSA) is 29.1 Å². The molecule has 0 fully saturated rings. The molecule has 0 saturated carbocycles. The lowest BCUT2D eigenvalue weighted by molar-refractivity contribution is -0.121. The average Bonchev–Trinajstić information content (AvgIpc) is 2.67. The van der Waals surface area contributed by atoms with E-state index in [1.807, 2.05) is 54.6 Å². The van der Waals surface area contributed by atoms with Gasteiger partial charge in [0.1, 0.15) is 0 Å². The summed E-state index contributed by atoms with van der Waals surface area (Å²) in [5.41, 5.74) is 4.29. The number of halogens is 2. The van der Waals surface area contributed by atoms with Gasteiger partial charge >= 0.3 is 0 Å². The van der Waals surface area contributed by atoms with Gasteiger partial charge in [0.2, 0.25) is 5.91 Å². The van der Waals surface area contributed by atoms with E-state index < -0.39 is 0 Å². The zero-order chi connectivity index (χ0) is 19.2. The van der Waals surface area contributed by atoms with Crippen LogP contribution in [0.1, 0.15) is 34.7 Å². The molecule has 1 N–H and O–H groups in total. The Morgan fingerprint density at radius 1 is 0.889 bits per heavy atom. The summed E-state index contributed by atoms with van der Waals surface area (Å²) in [6.45, 7) is 2.05. The van der Waals surface area contributed by atoms with Crippen LogP contribution in [0.3, 0.4) is 0 Å². The van der Waals surface area contributed by atoms with Crippen LogP contribution in [0.2, 0.25) is 10.0 Å². The molecule has 0 aliphatic rings. The fraction of sp³-hybridized carbons (Fsp3) is 0.174. The summed E-state index contributed by atoms with van der Waals surface area (Å²) in [6, 6.07) is 23.5. The highest BCUT2D eigenvalue weighted by atomic mass is 35.5. The fourth-order valence-electron chi connectivity index (χ4n) is 3.04. The van der Waals surface area contributed by atoms with Gasteiger partial charge in [-0.25, -0.2) is 0 Å². The minimum atomic E-state index is -0.174. The average molecular weight is 398 g/mol. The van der Waals surface area contributed by atoms with E-state index in [9.17, 15) is 4.79 Å². The Morgan fingerprint density at radius 3 is 2.33 bits per heavy atom. The monoisotopic (exact) mass is 397 g/mol. The maximum atomic E-state index is 12.6. The first-order valence-electron chi connectivity index (χ1n) is 8.88. The number of carbonyl (C=O) groups excluding carboxylic acids is 1. The van der Waals surface area contributed by atoms with Gasteiger partial charge in [-0.1, -0.05) is 89.4 Å². The van der Waals surface area contributed by atoms with Gasteiger partial charge in [-0.15, -0.1) is 0 Å². The van der Waals surface area contributed by atoms with Gasteiger partial charge < -0.3 is 5.32 Å². The highest BCUT2D eigenvalue weighted by Crippen LogP contribution is 2.25. The molecule has 1 atom stereocenters. The van der Waals surface area contributed by atoms with Crippen molar-refractivity contribution >= 4 is 29.1 Å². The maximum Gasteiger partial charge on any atom is 0.221 e. The van der Waals surface area contributed by atoms with Crippen molar-refractivity contribution < 1.29 is 4.79 Å². The van der Waals surface area contributed by atoms with Crippen molar-refractivity contribution in [3.05, 3.63) is 105 Å². The Morgan fingerprint density at radius 2 is 1.63 bits per heavy atom. The van der Waals surface area contributed by atoms with Crippen LogP contribution < -0.4 is 5.32 Å². The van der Waals surface area contributed by atoms with Crippen molar-refractivity contribution in [2.45, 2.75) is 25.8 Å². The van der Waals surface area contributed by atoms with Crippen molar-refractivity contribution in [3.63, 3.8) is 0 Å². The minimum Gasteiger partial charge on any atom is -0.345 e. The van der Waals surface area contributed by atoms with Crippen molar-refractivity contribution in [2.24, 2.45) is 0 Å². The molecule has 0 aliphatic carbocycles. The van der Waals surface area contributed by atoms with Crippen LogP contribution in [0.5, 0.6) is 0 Å². The predicted molar refractivity (Wildman–Crippen MR) is 112 cm³/mol. The first kappa shape index (κ1) is 19.5. The molecule has 0 heterocycles. The number of amides is 1. The van der Waals surface area contributed by atoms with Crippen molar-refractivity contribution in [1.29, 1.82) is 0 Å². The van der Waals surface area contributed by atoms with Gasteiger partial charge in [-0.2, -0.15) is 0 Å². The van der Waals surface area contributed by atoms with Crippen LogP contribution in [0.4, 0.5) is 0 Å². The second kappa shape index (κ2) is 9.07. The van der Waals surface area contributed by atoms with Gasteiger partial charge in [0.05, 0.1) is 16.1 Å². The van der Waals surface area contributed by atoms with Gasteiger partial charge in [0.15, 0.2) is 0 Å². The van der Waals surface area contributed by atoms with E-state index >= 15 is 0 Å². The Hall–Kier alpha value is -2.29. The van der Waals surface area contributed by atoms with E-state index in [-0.39, 0.29) is 11.9 Å². The Labute approximate surface area is 170 Å². The first-order chi connectivity index (χ1) is 13.0. The molecule has 3 aromatic carbocycles. The first-order valence-corrected chi connectivity index (χ1v) is 9.63. The van der Waals surface area contributed by atoms with Gasteiger partial charge in [-0.3, -0.25) is 4.79 Å². The van der Waals surface area contributed by atoms with E-state index in [1.165, 1.54) is 5.56 Å². The molecular formula is C23H21Cl2NO. The summed E-state index contributed by atoms with van der Waals surface area (Å²) in [7, 11) is 0. The summed E-state index contributed by atoms with van der Waals surface area (Å²) in [6.07, 6.45) is 0.991. The van der Waals surface area contributed by atoms with E-state index in [0.717, 1.165) is 16.7 Å². The third-order valence-corrected chi connectivity index (χ3v) is 5.18. The maximum absolute atomic E-state index is 12.6. The van der Waals surface area contributed by atoms with E-state index in [1.54, 1.807) is 6.07 Å². The normalized spacial score (nSPS) is 11.8. The number of nitrogens with one attached hydrogen (secondary N) is 1. The smallest absolute Gasteiger partial charge is 0.221 e. The molecule has 0 radical (unpaired) electrons. The van der Waals surface area contributed by atoms with Gasteiger partial charge in [0.25, 0.3) is 0 Å². The standard InChI is InChI=1S/C23H21Cl2NO/c1-16-6-5-9-19(14-16)23(18-7-3-2-4-8-18)26-22(27)13-11-17-10-12-20(24)21(25)15-17/h2-10,12,14-15,23H,11,13H2,1H3,(H,26,27)/t23-/m0/s1. The molecule has 1 amide bonds. The summed E-state index contributed by atoms with van der Waals surface area (Å²) < 4.78 is 0. The lowest BCUT2D eigenvalue weighted by Crippen LogP contribution is -2.29. The van der Waals surface area contributed by atoms with Crippen molar-refractivity contribution in [3.8, 4) is 0 Å². The van der Waals surface area contributed by atoms with Crippen LogP contribution in [-0.2, 0) is 11.2 Å². The highest BCUT2D eigenvalue weighted by molar-refractivity contribution is 6.42. The second-order valence-electron chi connectivity index (χ2n) is 6.57. The zero-order valence-electron chi connectivity index (χ0n) is 15.1. The fourth-order valence-corrected chi connectivity index (χ4v) is 3.36. The molecule has 0 aliphatic heterocycles. The molecule has 27 heavy (non-hydrogen) atoms. The molecule has 138 valence electrons. The van der Waals surface area contributed by atoms with E-state index in [0.29, 0.717) is 22.9 Å². The molecule has 0 saturated heterocycles. The molecule has 2 nitrogen and oxygen atoms in total. The second-order valence-corrected chi connectivity index (χ2v) is 7.39. The lowest BCUT2D eigenvalue weighted by Gasteiger charge is -2.20. The Bertz CT molecular complexity index is 925. The summed E-state index contributed by atoms with van der Waals surface area (Å²) >= 11 is 12.0. The zero-order valence-corrected chi connectivity index (χ0v) is 16.6. The van der Waals surface area contributed by atoms with E-state index in [2.05, 4.69) is 24.4 Å². The summed E-state index contributed by atoms with van der Waals surface area (Å²) in [5, 5.41) is 4.21. The Balaban J connectivity index is 1.73. The number of hydrogen-bond acceptors (Lipinski definition) is 1. The predicted octanol–water partition coefficient (Wildman–Crippen LogP) is 6.14. The number of aryl methyl sites for hydroxylation is 2. The molecule has 0 aromatic heterocycles. The third-order valence-electron chi connectivity index (χ3n) is 4.44. The summed E-state index contributed by atoms with van der Waals surface area (Å²) in [4.78, 5) is 12.6. The molecule has 0 spiro atoms. The van der Waals surface area contributed by atoms with Crippen molar-refractivity contribution in [2.75, 3.05) is 0 Å². The van der Waals surface area contributed by atoms with Crippen LogP contribution in [0.15, 0.2) is 72.8 Å². The van der Waals surface area contributed by atoms with Crippen LogP contribution >= 0.6 is 23.2 Å². The third kappa shape index (κ3) is 5.35. The molecule has 3 rings (SSSR count). The number of carbonyl (C=O) groups is 1. The number of benzene rings is 3. The van der Waals surface area contributed by atoms with E-state index in [4.69, 9.17) is 23.2 Å². The number of hydrogen-bond donors (Lipinski definition) is 1. The van der Waals surface area contributed by atoms with Crippen LogP contribution in [0, 0.1) is 6.92 Å². The molecule has 4 heteroatoms. The van der Waals surface area contributed by atoms with Gasteiger partial charge in [-0.05, 0) is 42.2 Å². The van der Waals surface area contributed by atoms with Crippen molar-refractivity contribution in [1.82, 2.24) is 5.32 Å².